The van der Waals surface area contributed by atoms with Gasteiger partial charge in [0, 0.05) is 19.8 Å². The van der Waals surface area contributed by atoms with Gasteiger partial charge in [0.05, 0.1) is 7.11 Å². The van der Waals surface area contributed by atoms with E-state index in [0.29, 0.717) is 17.3 Å². The highest BCUT2D eigenvalue weighted by molar-refractivity contribution is 5.77. The molecule has 7 nitrogen and oxygen atoms in total. The summed E-state index contributed by atoms with van der Waals surface area (Å²) in [7, 11) is 5.35. The predicted octanol–water partition coefficient (Wildman–Crippen LogP) is 1.70. The Balaban J connectivity index is 2.20. The third-order valence-electron chi connectivity index (χ3n) is 2.57. The first kappa shape index (κ1) is 13.9. The molecule has 0 bridgehead atoms. The summed E-state index contributed by atoms with van der Waals surface area (Å²) in [4.78, 5) is 8.25. The van der Waals surface area contributed by atoms with Crippen LogP contribution in [0.2, 0.25) is 0 Å². The lowest BCUT2D eigenvalue weighted by Gasteiger charge is -2.16. The first-order valence-electron chi connectivity index (χ1n) is 6.05. The van der Waals surface area contributed by atoms with E-state index in [9.17, 15) is 0 Å². The van der Waals surface area contributed by atoms with Gasteiger partial charge in [-0.05, 0) is 24.3 Å². The summed E-state index contributed by atoms with van der Waals surface area (Å²) >= 11 is 0. The number of hydrazine groups is 1. The number of nitrogens with zero attached hydrogens (tertiary/aromatic N) is 3. The van der Waals surface area contributed by atoms with Crippen molar-refractivity contribution in [3.05, 3.63) is 30.6 Å². The number of aromatic nitrogens is 2. The Labute approximate surface area is 117 Å². The maximum Gasteiger partial charge on any atom is 0.169 e. The molecule has 1 heterocycles. The van der Waals surface area contributed by atoms with Gasteiger partial charge in [-0.2, -0.15) is 0 Å². The highest BCUT2D eigenvalue weighted by Gasteiger charge is 2.08. The minimum atomic E-state index is 0.456. The molecular formula is C13H18N6O. The Morgan fingerprint density at radius 3 is 2.35 bits per heavy atom. The van der Waals surface area contributed by atoms with Gasteiger partial charge in [-0.3, -0.25) is 0 Å². The number of hydrogen-bond donors (Lipinski definition) is 3. The summed E-state index contributed by atoms with van der Waals surface area (Å²) in [5.74, 6) is 1.90. The van der Waals surface area contributed by atoms with Gasteiger partial charge in [-0.15, -0.1) is 0 Å². The number of anilines is 4. The summed E-state index contributed by atoms with van der Waals surface area (Å²) in [6, 6.07) is 7.50. The zero-order chi connectivity index (χ0) is 14.5. The van der Waals surface area contributed by atoms with Crippen LogP contribution in [0, 0.1) is 0 Å². The number of rotatable bonds is 5. The second kappa shape index (κ2) is 6.07. The van der Waals surface area contributed by atoms with Crippen LogP contribution in [0.1, 0.15) is 0 Å². The maximum atomic E-state index is 6.03. The number of nitrogens with one attached hydrogen (secondary N) is 2. The molecule has 7 heteroatoms. The highest BCUT2D eigenvalue weighted by atomic mass is 16.5. The van der Waals surface area contributed by atoms with Crippen LogP contribution in [0.4, 0.5) is 23.0 Å². The summed E-state index contributed by atoms with van der Waals surface area (Å²) in [6.07, 6.45) is 1.45. The molecule has 0 saturated heterocycles. The van der Waals surface area contributed by atoms with E-state index in [1.54, 1.807) is 12.1 Å². The summed E-state index contributed by atoms with van der Waals surface area (Å²) in [5.41, 5.74) is 10.4. The van der Waals surface area contributed by atoms with Crippen molar-refractivity contribution in [2.24, 2.45) is 0 Å². The van der Waals surface area contributed by atoms with E-state index in [-0.39, 0.29) is 0 Å². The van der Waals surface area contributed by atoms with Crippen LogP contribution in [0.25, 0.3) is 0 Å². The molecule has 0 radical (unpaired) electrons. The fraction of sp³-hybridized carbons (Fsp3) is 0.231. The maximum absolute atomic E-state index is 6.03. The Kier molecular flexibility index (Phi) is 4.21. The molecule has 1 aromatic heterocycles. The van der Waals surface area contributed by atoms with Crippen LogP contribution in [-0.4, -0.2) is 36.2 Å². The Hall–Kier alpha value is -2.54. The molecule has 0 aliphatic heterocycles. The largest absolute Gasteiger partial charge is 0.497 e. The Bertz CT molecular complexity index is 570. The molecule has 0 amide bonds. The molecule has 0 fully saturated rings. The van der Waals surface area contributed by atoms with E-state index >= 15 is 0 Å². The zero-order valence-corrected chi connectivity index (χ0v) is 11.7. The molecule has 0 aliphatic rings. The van der Waals surface area contributed by atoms with E-state index in [1.165, 1.54) is 6.33 Å². The molecule has 106 valence electrons. The monoisotopic (exact) mass is 274 g/mol. The average Bonchev–Trinajstić information content (AvgIpc) is 2.43. The average molecular weight is 274 g/mol. The van der Waals surface area contributed by atoms with E-state index in [4.69, 9.17) is 10.5 Å². The van der Waals surface area contributed by atoms with Crippen LogP contribution in [0.15, 0.2) is 30.6 Å². The van der Waals surface area contributed by atoms with Gasteiger partial charge in [0.2, 0.25) is 0 Å². The molecule has 2 aromatic rings. The van der Waals surface area contributed by atoms with Gasteiger partial charge in [0.1, 0.15) is 17.8 Å². The van der Waals surface area contributed by atoms with Gasteiger partial charge >= 0.3 is 0 Å². The van der Waals surface area contributed by atoms with Crippen molar-refractivity contribution in [1.29, 1.82) is 0 Å². The van der Waals surface area contributed by atoms with Crippen molar-refractivity contribution >= 4 is 23.0 Å². The number of nitrogen functional groups attached to an aromatic ring is 1. The SMILES string of the molecule is COc1ccc(Nc2ncnc(NN(C)C)c2N)cc1. The molecule has 0 unspecified atom stereocenters. The number of hydrogen-bond acceptors (Lipinski definition) is 7. The van der Waals surface area contributed by atoms with Gasteiger partial charge in [0.15, 0.2) is 11.6 Å². The van der Waals surface area contributed by atoms with Crippen LogP contribution in [-0.2, 0) is 0 Å². The van der Waals surface area contributed by atoms with Gasteiger partial charge in [-0.25, -0.2) is 15.0 Å². The molecule has 0 spiro atoms. The predicted molar refractivity (Wildman–Crippen MR) is 80.0 cm³/mol. The minimum Gasteiger partial charge on any atom is -0.497 e. The van der Waals surface area contributed by atoms with Crippen molar-refractivity contribution in [1.82, 2.24) is 15.0 Å². The van der Waals surface area contributed by atoms with Crippen molar-refractivity contribution < 1.29 is 4.74 Å². The lowest BCUT2D eigenvalue weighted by atomic mass is 10.3. The molecule has 2 rings (SSSR count). The van der Waals surface area contributed by atoms with E-state index in [1.807, 2.05) is 38.4 Å². The summed E-state index contributed by atoms with van der Waals surface area (Å²) in [5, 5.41) is 4.91. The van der Waals surface area contributed by atoms with Gasteiger partial charge in [-0.1, -0.05) is 0 Å². The standard InChI is InChI=1S/C13H18N6O/c1-19(2)18-13-11(14)12(15-8-16-13)17-9-4-6-10(20-3)7-5-9/h4-8H,14H2,1-3H3,(H2,15,16,17,18). The molecule has 20 heavy (non-hydrogen) atoms. The molecular weight excluding hydrogens is 256 g/mol. The van der Waals surface area contributed by atoms with E-state index in [2.05, 4.69) is 20.7 Å². The van der Waals surface area contributed by atoms with Crippen LogP contribution < -0.4 is 21.2 Å². The first-order chi connectivity index (χ1) is 9.60. The normalized spacial score (nSPS) is 10.4. The topological polar surface area (TPSA) is 88.3 Å². The number of benzene rings is 1. The van der Waals surface area contributed by atoms with Crippen LogP contribution in [0.5, 0.6) is 5.75 Å². The number of ether oxygens (including phenoxy) is 1. The quantitative estimate of drug-likeness (QED) is 0.715. The second-order valence-corrected chi connectivity index (χ2v) is 4.34. The highest BCUT2D eigenvalue weighted by Crippen LogP contribution is 2.26. The Morgan fingerprint density at radius 2 is 1.75 bits per heavy atom. The minimum absolute atomic E-state index is 0.456. The van der Waals surface area contributed by atoms with E-state index in [0.717, 1.165) is 11.4 Å². The van der Waals surface area contributed by atoms with Gasteiger partial charge < -0.3 is 21.2 Å². The molecule has 1 aromatic carbocycles. The number of nitrogens with two attached hydrogens (primary N) is 1. The van der Waals surface area contributed by atoms with Crippen molar-refractivity contribution in [2.45, 2.75) is 0 Å². The molecule has 4 N–H and O–H groups in total. The Morgan fingerprint density at radius 1 is 1.10 bits per heavy atom. The molecule has 0 saturated carbocycles. The third kappa shape index (κ3) is 3.27. The van der Waals surface area contributed by atoms with Gasteiger partial charge in [0.25, 0.3) is 0 Å². The fourth-order valence-electron chi connectivity index (χ4n) is 1.61. The van der Waals surface area contributed by atoms with Crippen molar-refractivity contribution in [3.8, 4) is 5.75 Å². The smallest absolute Gasteiger partial charge is 0.169 e. The zero-order valence-electron chi connectivity index (χ0n) is 11.7. The lowest BCUT2D eigenvalue weighted by Crippen LogP contribution is -2.21. The molecule has 0 atom stereocenters. The first-order valence-corrected chi connectivity index (χ1v) is 6.05. The summed E-state index contributed by atoms with van der Waals surface area (Å²) < 4.78 is 5.11. The summed E-state index contributed by atoms with van der Waals surface area (Å²) in [6.45, 7) is 0. The van der Waals surface area contributed by atoms with E-state index < -0.39 is 0 Å². The fourth-order valence-corrected chi connectivity index (χ4v) is 1.61. The van der Waals surface area contributed by atoms with Crippen molar-refractivity contribution in [3.63, 3.8) is 0 Å². The molecule has 0 aliphatic carbocycles. The third-order valence-corrected chi connectivity index (χ3v) is 2.57. The van der Waals surface area contributed by atoms with Crippen molar-refractivity contribution in [2.75, 3.05) is 37.7 Å². The van der Waals surface area contributed by atoms with Crippen LogP contribution >= 0.6 is 0 Å². The lowest BCUT2D eigenvalue weighted by molar-refractivity contribution is 0.415. The second-order valence-electron chi connectivity index (χ2n) is 4.34. The van der Waals surface area contributed by atoms with Crippen LogP contribution in [0.3, 0.4) is 0 Å². The number of methoxy groups -OCH3 is 1.